The topological polar surface area (TPSA) is 52.6 Å². The number of halogens is 8. The molecule has 26 heavy (non-hydrogen) atoms. The van der Waals surface area contributed by atoms with E-state index in [2.05, 4.69) is 9.47 Å². The van der Waals surface area contributed by atoms with Crippen LogP contribution >= 0.6 is 0 Å². The molecule has 0 aromatic rings. The maximum absolute atomic E-state index is 14.9. The quantitative estimate of drug-likeness (QED) is 0.543. The Bertz CT molecular complexity index is 683. The van der Waals surface area contributed by atoms with E-state index in [1.165, 1.54) is 0 Å². The number of carbonyl (C=O) groups is 2. The minimum Gasteiger partial charge on any atom is -0.463 e. The Hall–Kier alpha value is -2.14. The van der Waals surface area contributed by atoms with Gasteiger partial charge in [0.1, 0.15) is 11.1 Å². The van der Waals surface area contributed by atoms with E-state index in [-0.39, 0.29) is 0 Å². The van der Waals surface area contributed by atoms with Crippen molar-refractivity contribution >= 4 is 11.9 Å². The Morgan fingerprint density at radius 1 is 0.731 bits per heavy atom. The molecule has 4 nitrogen and oxygen atoms in total. The molecule has 0 saturated heterocycles. The van der Waals surface area contributed by atoms with Gasteiger partial charge in [-0.2, -0.15) is 17.6 Å². The molecule has 0 heterocycles. The van der Waals surface area contributed by atoms with Crippen LogP contribution in [0.3, 0.4) is 0 Å². The van der Waals surface area contributed by atoms with Crippen molar-refractivity contribution in [1.29, 1.82) is 0 Å². The molecule has 3 aliphatic rings. The van der Waals surface area contributed by atoms with Gasteiger partial charge in [0.05, 0.1) is 13.2 Å². The van der Waals surface area contributed by atoms with Crippen molar-refractivity contribution in [1.82, 2.24) is 0 Å². The normalized spacial score (nSPS) is 31.9. The Labute approximate surface area is 140 Å². The van der Waals surface area contributed by atoms with Crippen LogP contribution in [0.4, 0.5) is 35.1 Å². The van der Waals surface area contributed by atoms with Gasteiger partial charge < -0.3 is 9.47 Å². The number of hydrogen-bond donors (Lipinski definition) is 0. The van der Waals surface area contributed by atoms with Crippen molar-refractivity contribution < 1.29 is 54.2 Å². The van der Waals surface area contributed by atoms with Crippen molar-refractivity contribution in [2.45, 2.75) is 37.0 Å². The zero-order chi connectivity index (χ0) is 20.3. The molecule has 0 saturated carbocycles. The van der Waals surface area contributed by atoms with Gasteiger partial charge in [-0.3, -0.25) is 0 Å². The molecule has 3 rings (SSSR count). The van der Waals surface area contributed by atoms with E-state index in [0.717, 1.165) is 13.8 Å². The maximum Gasteiger partial charge on any atom is 0.358 e. The Kier molecular flexibility index (Phi) is 4.41. The van der Waals surface area contributed by atoms with Gasteiger partial charge in [0.25, 0.3) is 11.3 Å². The standard InChI is InChI=1S/C14H10F8O4/c1-3-25-9(23)5-6(10(24)26-4-2)12(18)8(16)7(15)11(5,17)13(19,20)14(12,21)22/h3-4H2,1-2H3. The van der Waals surface area contributed by atoms with Crippen molar-refractivity contribution in [3.63, 3.8) is 0 Å². The molecule has 0 aromatic carbocycles. The highest BCUT2D eigenvalue weighted by Crippen LogP contribution is 2.69. The molecule has 2 bridgehead atoms. The molecule has 2 atom stereocenters. The Morgan fingerprint density at radius 3 is 1.23 bits per heavy atom. The minimum atomic E-state index is -6.26. The fourth-order valence-electron chi connectivity index (χ4n) is 2.78. The smallest absolute Gasteiger partial charge is 0.358 e. The molecule has 0 amide bonds. The first-order chi connectivity index (χ1) is 11.8. The zero-order valence-electron chi connectivity index (χ0n) is 13.1. The zero-order valence-corrected chi connectivity index (χ0v) is 13.1. The minimum absolute atomic E-state index is 0.663. The van der Waals surface area contributed by atoms with Gasteiger partial charge in [-0.25, -0.2) is 27.2 Å². The first-order valence-electron chi connectivity index (χ1n) is 7.07. The van der Waals surface area contributed by atoms with Crippen molar-refractivity contribution in [2.75, 3.05) is 13.2 Å². The molecule has 146 valence electrons. The summed E-state index contributed by atoms with van der Waals surface area (Å²) in [5, 5.41) is 0. The Balaban J connectivity index is 3.02. The molecule has 0 N–H and O–H groups in total. The predicted molar refractivity (Wildman–Crippen MR) is 67.1 cm³/mol. The predicted octanol–water partition coefficient (Wildman–Crippen LogP) is 3.27. The molecule has 0 spiro atoms. The monoisotopic (exact) mass is 394 g/mol. The summed E-state index contributed by atoms with van der Waals surface area (Å²) < 4.78 is 122. The number of hydrogen-bond acceptors (Lipinski definition) is 4. The van der Waals surface area contributed by atoms with Crippen LogP contribution in [0.1, 0.15) is 13.8 Å². The van der Waals surface area contributed by atoms with Crippen LogP contribution in [0.15, 0.2) is 22.8 Å². The summed E-state index contributed by atoms with van der Waals surface area (Å²) in [6.45, 7) is 0.811. The fourth-order valence-corrected chi connectivity index (χ4v) is 2.78. The molecule has 0 aromatic heterocycles. The maximum atomic E-state index is 14.9. The average Bonchev–Trinajstić information content (AvgIpc) is 2.54. The molecule has 2 unspecified atom stereocenters. The summed E-state index contributed by atoms with van der Waals surface area (Å²) in [5.41, 5.74) is -15.8. The van der Waals surface area contributed by atoms with E-state index in [0.29, 0.717) is 0 Å². The van der Waals surface area contributed by atoms with Crippen molar-refractivity contribution in [2.24, 2.45) is 0 Å². The number of rotatable bonds is 4. The largest absolute Gasteiger partial charge is 0.463 e. The highest BCUT2D eigenvalue weighted by molar-refractivity contribution is 6.06. The van der Waals surface area contributed by atoms with Crippen LogP contribution in [0.25, 0.3) is 0 Å². The van der Waals surface area contributed by atoms with Crippen LogP contribution in [-0.4, -0.2) is 48.3 Å². The lowest BCUT2D eigenvalue weighted by atomic mass is 9.61. The summed E-state index contributed by atoms with van der Waals surface area (Å²) in [5.74, 6) is -23.6. The molecule has 0 radical (unpaired) electrons. The summed E-state index contributed by atoms with van der Waals surface area (Å²) in [6.07, 6.45) is 0. The van der Waals surface area contributed by atoms with Gasteiger partial charge in [-0.1, -0.05) is 0 Å². The second-order valence-corrected chi connectivity index (χ2v) is 5.28. The third-order valence-corrected chi connectivity index (χ3v) is 3.96. The summed E-state index contributed by atoms with van der Waals surface area (Å²) in [4.78, 5) is 23.6. The van der Waals surface area contributed by atoms with Gasteiger partial charge in [0.15, 0.2) is 11.7 Å². The second kappa shape index (κ2) is 5.68. The SMILES string of the molecule is CCOC(=O)C1=C(C(=O)OCC)C2(F)C(F)=C(F)C1(F)C(F)(F)C2(F)F. The summed E-state index contributed by atoms with van der Waals surface area (Å²) in [7, 11) is 0. The molecule has 12 heteroatoms. The number of carbonyl (C=O) groups excluding carboxylic acids is 2. The van der Waals surface area contributed by atoms with Gasteiger partial charge in [-0.05, 0) is 13.8 Å². The summed E-state index contributed by atoms with van der Waals surface area (Å²) in [6, 6.07) is 0. The lowest BCUT2D eigenvalue weighted by Gasteiger charge is -2.51. The average molecular weight is 394 g/mol. The van der Waals surface area contributed by atoms with E-state index < -0.39 is 71.1 Å². The lowest BCUT2D eigenvalue weighted by Crippen LogP contribution is -2.75. The van der Waals surface area contributed by atoms with Gasteiger partial charge >= 0.3 is 23.8 Å². The van der Waals surface area contributed by atoms with E-state index in [1.54, 1.807) is 0 Å². The molecule has 3 aliphatic carbocycles. The van der Waals surface area contributed by atoms with Crippen LogP contribution < -0.4 is 0 Å². The van der Waals surface area contributed by atoms with Gasteiger partial charge in [0, 0.05) is 0 Å². The second-order valence-electron chi connectivity index (χ2n) is 5.28. The molecular weight excluding hydrogens is 384 g/mol. The number of ether oxygens (including phenoxy) is 2. The van der Waals surface area contributed by atoms with E-state index in [9.17, 15) is 44.7 Å². The number of alkyl halides is 6. The Morgan fingerprint density at radius 2 is 1.00 bits per heavy atom. The molecule has 0 aliphatic heterocycles. The highest BCUT2D eigenvalue weighted by atomic mass is 19.3. The lowest BCUT2D eigenvalue weighted by molar-refractivity contribution is -0.313. The molecule has 0 fully saturated rings. The fraction of sp³-hybridized carbons (Fsp3) is 0.571. The number of esters is 2. The van der Waals surface area contributed by atoms with Crippen LogP contribution in [0, 0.1) is 0 Å². The van der Waals surface area contributed by atoms with Crippen molar-refractivity contribution in [3.8, 4) is 0 Å². The van der Waals surface area contributed by atoms with Crippen LogP contribution in [-0.2, 0) is 19.1 Å². The number of fused-ring (bicyclic) bond motifs is 1. The highest BCUT2D eigenvalue weighted by Gasteiger charge is 2.92. The van der Waals surface area contributed by atoms with Crippen LogP contribution in [0.5, 0.6) is 0 Å². The first kappa shape index (κ1) is 20.2. The first-order valence-corrected chi connectivity index (χ1v) is 7.07. The van der Waals surface area contributed by atoms with Crippen LogP contribution in [0.2, 0.25) is 0 Å². The molecular formula is C14H10F8O4. The number of allylic oxidation sites excluding steroid dienone is 2. The van der Waals surface area contributed by atoms with Gasteiger partial charge in [-0.15, -0.1) is 0 Å². The van der Waals surface area contributed by atoms with Gasteiger partial charge in [0.2, 0.25) is 0 Å². The third kappa shape index (κ3) is 1.89. The van der Waals surface area contributed by atoms with E-state index >= 15 is 0 Å². The van der Waals surface area contributed by atoms with E-state index in [4.69, 9.17) is 0 Å². The van der Waals surface area contributed by atoms with E-state index in [1.807, 2.05) is 0 Å². The van der Waals surface area contributed by atoms with Crippen molar-refractivity contribution in [3.05, 3.63) is 22.8 Å². The summed E-state index contributed by atoms with van der Waals surface area (Å²) >= 11 is 0. The third-order valence-electron chi connectivity index (χ3n) is 3.96.